The summed E-state index contributed by atoms with van der Waals surface area (Å²) in [5.74, 6) is 1.66. The number of hydrogen-bond acceptors (Lipinski definition) is 6. The van der Waals surface area contributed by atoms with Gasteiger partial charge in [-0.25, -0.2) is 15.0 Å². The first-order valence-electron chi connectivity index (χ1n) is 6.05. The van der Waals surface area contributed by atoms with Crippen molar-refractivity contribution in [2.45, 2.75) is 26.3 Å². The molecule has 0 amide bonds. The molecule has 0 saturated carbocycles. The molecule has 0 spiro atoms. The molecule has 96 valence electrons. The van der Waals surface area contributed by atoms with Crippen molar-refractivity contribution in [3.05, 3.63) is 29.0 Å². The molecule has 2 rings (SSSR count). The van der Waals surface area contributed by atoms with Crippen LogP contribution in [0.2, 0.25) is 0 Å². The lowest BCUT2D eigenvalue weighted by Gasteiger charge is -2.15. The van der Waals surface area contributed by atoms with Crippen LogP contribution in [-0.4, -0.2) is 21.5 Å². The molecule has 1 unspecified atom stereocenters. The Labute approximate surface area is 111 Å². The van der Waals surface area contributed by atoms with Crippen molar-refractivity contribution < 1.29 is 0 Å². The van der Waals surface area contributed by atoms with Gasteiger partial charge in [-0.1, -0.05) is 6.92 Å². The molecule has 2 aromatic heterocycles. The predicted molar refractivity (Wildman–Crippen MR) is 75.0 cm³/mol. The van der Waals surface area contributed by atoms with Crippen molar-refractivity contribution in [1.29, 1.82) is 0 Å². The van der Waals surface area contributed by atoms with E-state index < -0.39 is 0 Å². The number of nitrogens with zero attached hydrogens (tertiary/aromatic N) is 3. The van der Waals surface area contributed by atoms with Crippen LogP contribution in [-0.2, 0) is 0 Å². The molecule has 18 heavy (non-hydrogen) atoms. The lowest BCUT2D eigenvalue weighted by molar-refractivity contribution is 0.737. The summed E-state index contributed by atoms with van der Waals surface area (Å²) in [4.78, 5) is 12.7. The first kappa shape index (κ1) is 12.8. The van der Waals surface area contributed by atoms with Crippen molar-refractivity contribution in [3.8, 4) is 0 Å². The number of hydrogen-bond donors (Lipinski definition) is 2. The maximum atomic E-state index is 4.34. The Kier molecular flexibility index (Phi) is 4.46. The second-order valence-electron chi connectivity index (χ2n) is 3.79. The molecule has 0 bridgehead atoms. The topological polar surface area (TPSA) is 62.7 Å². The van der Waals surface area contributed by atoms with Gasteiger partial charge in [-0.15, -0.1) is 11.3 Å². The molecule has 2 N–H and O–H groups in total. The van der Waals surface area contributed by atoms with Gasteiger partial charge < -0.3 is 10.6 Å². The van der Waals surface area contributed by atoms with Gasteiger partial charge in [0.2, 0.25) is 0 Å². The predicted octanol–water partition coefficient (Wildman–Crippen LogP) is 2.93. The molecule has 6 heteroatoms. The second-order valence-corrected chi connectivity index (χ2v) is 4.72. The highest BCUT2D eigenvalue weighted by atomic mass is 32.1. The smallest absolute Gasteiger partial charge is 0.132 e. The highest BCUT2D eigenvalue weighted by Gasteiger charge is 2.12. The molecular weight excluding hydrogens is 246 g/mol. The van der Waals surface area contributed by atoms with Crippen LogP contribution in [0.1, 0.15) is 31.3 Å². The van der Waals surface area contributed by atoms with E-state index in [2.05, 4.69) is 32.5 Å². The van der Waals surface area contributed by atoms with E-state index in [1.54, 1.807) is 17.7 Å². The Morgan fingerprint density at radius 2 is 2.06 bits per heavy atom. The van der Waals surface area contributed by atoms with Gasteiger partial charge in [-0.2, -0.15) is 0 Å². The van der Waals surface area contributed by atoms with Crippen LogP contribution >= 0.6 is 11.3 Å². The van der Waals surface area contributed by atoms with E-state index in [9.17, 15) is 0 Å². The third-order valence-electron chi connectivity index (χ3n) is 2.50. The molecule has 0 aliphatic carbocycles. The van der Waals surface area contributed by atoms with Crippen LogP contribution in [0.3, 0.4) is 0 Å². The minimum Gasteiger partial charge on any atom is -0.370 e. The zero-order valence-electron chi connectivity index (χ0n) is 10.6. The van der Waals surface area contributed by atoms with Gasteiger partial charge >= 0.3 is 0 Å². The van der Waals surface area contributed by atoms with E-state index in [0.717, 1.165) is 29.6 Å². The lowest BCUT2D eigenvalue weighted by Crippen LogP contribution is -2.11. The zero-order valence-corrected chi connectivity index (χ0v) is 11.4. The number of anilines is 2. The molecule has 0 aliphatic heterocycles. The van der Waals surface area contributed by atoms with Crippen LogP contribution in [0.5, 0.6) is 0 Å². The molecule has 0 fully saturated rings. The normalized spacial score (nSPS) is 12.1. The van der Waals surface area contributed by atoms with Crippen molar-refractivity contribution in [2.24, 2.45) is 0 Å². The van der Waals surface area contributed by atoms with Crippen molar-refractivity contribution in [3.63, 3.8) is 0 Å². The van der Waals surface area contributed by atoms with E-state index in [1.807, 2.05) is 24.6 Å². The average Bonchev–Trinajstić information content (AvgIpc) is 2.90. The molecule has 0 radical (unpaired) electrons. The van der Waals surface area contributed by atoms with Gasteiger partial charge in [0.05, 0.1) is 6.04 Å². The average molecular weight is 263 g/mol. The third-order valence-corrected chi connectivity index (χ3v) is 3.39. The Bertz CT molecular complexity index is 471. The summed E-state index contributed by atoms with van der Waals surface area (Å²) in [6.07, 6.45) is 4.36. The first-order chi connectivity index (χ1) is 8.83. The van der Waals surface area contributed by atoms with Gasteiger partial charge in [-0.3, -0.25) is 0 Å². The standard InChI is InChI=1S/C12H17N5S/c1-3-9(12-14-5-6-18-12)17-11-7-10(13-4-2)15-8-16-11/h5-9H,3-4H2,1-2H3,(H2,13,15,16,17). The van der Waals surface area contributed by atoms with Crippen LogP contribution < -0.4 is 10.6 Å². The number of rotatable bonds is 6. The van der Waals surface area contributed by atoms with E-state index in [1.165, 1.54) is 0 Å². The molecule has 1 atom stereocenters. The number of aromatic nitrogens is 3. The monoisotopic (exact) mass is 263 g/mol. The summed E-state index contributed by atoms with van der Waals surface area (Å²) >= 11 is 1.66. The molecule has 2 aromatic rings. The van der Waals surface area contributed by atoms with Crippen molar-refractivity contribution in [2.75, 3.05) is 17.2 Å². The van der Waals surface area contributed by atoms with Crippen LogP contribution in [0, 0.1) is 0 Å². The summed E-state index contributed by atoms with van der Waals surface area (Å²) < 4.78 is 0. The minimum absolute atomic E-state index is 0.203. The molecule has 0 aromatic carbocycles. The SMILES string of the molecule is CCNc1cc(NC(CC)c2nccs2)ncn1. The van der Waals surface area contributed by atoms with Crippen molar-refractivity contribution in [1.82, 2.24) is 15.0 Å². The van der Waals surface area contributed by atoms with Gasteiger partial charge in [0, 0.05) is 24.2 Å². The van der Waals surface area contributed by atoms with E-state index in [0.29, 0.717) is 0 Å². The summed E-state index contributed by atoms with van der Waals surface area (Å²) in [6, 6.07) is 2.12. The fourth-order valence-electron chi connectivity index (χ4n) is 1.64. The molecule has 0 saturated heterocycles. The largest absolute Gasteiger partial charge is 0.370 e. The fraction of sp³-hybridized carbons (Fsp3) is 0.417. The zero-order chi connectivity index (χ0) is 12.8. The van der Waals surface area contributed by atoms with Crippen LogP contribution in [0.25, 0.3) is 0 Å². The number of thiazole rings is 1. The van der Waals surface area contributed by atoms with Crippen LogP contribution in [0.4, 0.5) is 11.6 Å². The molecular formula is C12H17N5S. The maximum absolute atomic E-state index is 4.34. The Morgan fingerprint density at radius 3 is 2.72 bits per heavy atom. The molecule has 2 heterocycles. The highest BCUT2D eigenvalue weighted by molar-refractivity contribution is 7.09. The van der Waals surface area contributed by atoms with Crippen molar-refractivity contribution >= 4 is 23.0 Å². The van der Waals surface area contributed by atoms with E-state index in [4.69, 9.17) is 0 Å². The van der Waals surface area contributed by atoms with E-state index >= 15 is 0 Å². The van der Waals surface area contributed by atoms with E-state index in [-0.39, 0.29) is 6.04 Å². The fourth-order valence-corrected chi connectivity index (χ4v) is 2.41. The Hall–Kier alpha value is -1.69. The summed E-state index contributed by atoms with van der Waals surface area (Å²) in [6.45, 7) is 5.02. The summed E-state index contributed by atoms with van der Waals surface area (Å²) in [5.41, 5.74) is 0. The highest BCUT2D eigenvalue weighted by Crippen LogP contribution is 2.23. The summed E-state index contributed by atoms with van der Waals surface area (Å²) in [7, 11) is 0. The number of nitrogens with one attached hydrogen (secondary N) is 2. The van der Waals surface area contributed by atoms with Gasteiger partial charge in [0.1, 0.15) is 23.0 Å². The second kappa shape index (κ2) is 6.30. The Balaban J connectivity index is 2.09. The Morgan fingerprint density at radius 1 is 1.22 bits per heavy atom. The van der Waals surface area contributed by atoms with Crippen LogP contribution in [0.15, 0.2) is 24.0 Å². The van der Waals surface area contributed by atoms with Gasteiger partial charge in [0.15, 0.2) is 0 Å². The third kappa shape index (κ3) is 3.16. The molecule has 5 nitrogen and oxygen atoms in total. The molecule has 0 aliphatic rings. The lowest BCUT2D eigenvalue weighted by atomic mass is 10.2. The first-order valence-corrected chi connectivity index (χ1v) is 6.93. The maximum Gasteiger partial charge on any atom is 0.132 e. The van der Waals surface area contributed by atoms with Gasteiger partial charge in [-0.05, 0) is 13.3 Å². The summed E-state index contributed by atoms with van der Waals surface area (Å²) in [5, 5.41) is 9.63. The quantitative estimate of drug-likeness (QED) is 0.839. The minimum atomic E-state index is 0.203. The van der Waals surface area contributed by atoms with Gasteiger partial charge in [0.25, 0.3) is 0 Å².